The third-order valence-corrected chi connectivity index (χ3v) is 2.59. The van der Waals surface area contributed by atoms with Crippen molar-refractivity contribution in [1.29, 1.82) is 5.26 Å². The van der Waals surface area contributed by atoms with Crippen molar-refractivity contribution in [3.63, 3.8) is 0 Å². The van der Waals surface area contributed by atoms with E-state index >= 15 is 0 Å². The van der Waals surface area contributed by atoms with Crippen LogP contribution in [0.3, 0.4) is 0 Å². The van der Waals surface area contributed by atoms with Gasteiger partial charge in [0.05, 0.1) is 5.52 Å². The Labute approximate surface area is 113 Å². The van der Waals surface area contributed by atoms with Crippen LogP contribution in [0.4, 0.5) is 5.69 Å². The number of nitriles is 1. The third-order valence-electron chi connectivity index (χ3n) is 2.59. The molecule has 0 fully saturated rings. The van der Waals surface area contributed by atoms with Gasteiger partial charge in [-0.1, -0.05) is 0 Å². The van der Waals surface area contributed by atoms with Gasteiger partial charge in [-0.2, -0.15) is 10.5 Å². The highest BCUT2D eigenvalue weighted by atomic mass is 15.5. The van der Waals surface area contributed by atoms with E-state index in [1.165, 1.54) is 12.5 Å². The van der Waals surface area contributed by atoms with E-state index in [1.54, 1.807) is 6.20 Å². The van der Waals surface area contributed by atoms with Gasteiger partial charge in [-0.3, -0.25) is 0 Å². The monoisotopic (exact) mass is 264 g/mol. The van der Waals surface area contributed by atoms with Crippen LogP contribution in [0.15, 0.2) is 36.9 Å². The number of hydrogen-bond acceptors (Lipinski definition) is 7. The number of anilines is 1. The van der Waals surface area contributed by atoms with E-state index in [2.05, 4.69) is 35.9 Å². The fourth-order valence-corrected chi connectivity index (χ4v) is 1.65. The first kappa shape index (κ1) is 11.7. The van der Waals surface area contributed by atoms with Crippen LogP contribution < -0.4 is 5.32 Å². The molecule has 0 spiro atoms. The summed E-state index contributed by atoms with van der Waals surface area (Å²) in [6, 6.07) is 7.61. The van der Waals surface area contributed by atoms with Gasteiger partial charge in [0.2, 0.25) is 5.82 Å². The fourth-order valence-electron chi connectivity index (χ4n) is 1.65. The molecule has 2 heterocycles. The van der Waals surface area contributed by atoms with Crippen LogP contribution >= 0.6 is 0 Å². The summed E-state index contributed by atoms with van der Waals surface area (Å²) >= 11 is 0. The lowest BCUT2D eigenvalue weighted by atomic mass is 10.2. The number of hydrogen-bond donors (Lipinski definition) is 2. The van der Waals surface area contributed by atoms with Crippen molar-refractivity contribution in [2.24, 2.45) is 0 Å². The van der Waals surface area contributed by atoms with Crippen molar-refractivity contribution in [3.05, 3.63) is 42.7 Å². The average molecular weight is 264 g/mol. The standard InChI is InChI=1S/C12H8N8/c13-4-9(12-17-19-20-18-12)6-15-10-1-2-11-8(3-10)5-14-7-16-11/h1-3,5-7,15H,(H,17,18,19,20). The zero-order valence-corrected chi connectivity index (χ0v) is 10.1. The van der Waals surface area contributed by atoms with Crippen molar-refractivity contribution >= 4 is 22.2 Å². The van der Waals surface area contributed by atoms with E-state index in [0.29, 0.717) is 0 Å². The van der Waals surface area contributed by atoms with E-state index in [9.17, 15) is 0 Å². The van der Waals surface area contributed by atoms with Gasteiger partial charge in [0, 0.05) is 23.5 Å². The maximum absolute atomic E-state index is 9.05. The first-order valence-electron chi connectivity index (χ1n) is 5.67. The van der Waals surface area contributed by atoms with Gasteiger partial charge in [0.25, 0.3) is 0 Å². The lowest BCUT2D eigenvalue weighted by Gasteiger charge is -2.02. The van der Waals surface area contributed by atoms with Crippen molar-refractivity contribution in [2.45, 2.75) is 0 Å². The highest BCUT2D eigenvalue weighted by Crippen LogP contribution is 2.17. The second kappa shape index (κ2) is 5.11. The number of tetrazole rings is 1. The predicted octanol–water partition coefficient (Wildman–Crippen LogP) is 1.12. The Morgan fingerprint density at radius 1 is 1.40 bits per heavy atom. The molecular formula is C12H8N8. The summed E-state index contributed by atoms with van der Waals surface area (Å²) in [6.45, 7) is 0. The van der Waals surface area contributed by atoms with Crippen molar-refractivity contribution in [1.82, 2.24) is 30.6 Å². The molecule has 20 heavy (non-hydrogen) atoms. The number of H-pyrrole nitrogens is 1. The van der Waals surface area contributed by atoms with Crippen molar-refractivity contribution in [3.8, 4) is 6.07 Å². The molecule has 8 heteroatoms. The summed E-state index contributed by atoms with van der Waals surface area (Å²) in [5.74, 6) is 0.240. The number of nitrogens with zero attached hydrogens (tertiary/aromatic N) is 6. The minimum absolute atomic E-state index is 0.240. The van der Waals surface area contributed by atoms with Gasteiger partial charge in [-0.15, -0.1) is 10.2 Å². The number of benzene rings is 1. The van der Waals surface area contributed by atoms with E-state index < -0.39 is 0 Å². The number of allylic oxidation sites excluding steroid dienone is 1. The molecule has 3 aromatic rings. The number of nitrogens with one attached hydrogen (secondary N) is 2. The smallest absolute Gasteiger partial charge is 0.216 e. The normalized spacial score (nSPS) is 11.2. The maximum atomic E-state index is 9.05. The number of aromatic nitrogens is 6. The van der Waals surface area contributed by atoms with E-state index in [4.69, 9.17) is 5.26 Å². The van der Waals surface area contributed by atoms with Gasteiger partial charge in [-0.05, 0) is 23.4 Å². The zero-order chi connectivity index (χ0) is 13.8. The SMILES string of the molecule is N#CC(=CNc1ccc2ncncc2c1)c1nn[nH]n1. The molecule has 2 N–H and O–H groups in total. The highest BCUT2D eigenvalue weighted by molar-refractivity contribution is 5.82. The van der Waals surface area contributed by atoms with Gasteiger partial charge in [0.1, 0.15) is 18.0 Å². The summed E-state index contributed by atoms with van der Waals surface area (Å²) in [5, 5.41) is 26.2. The Morgan fingerprint density at radius 2 is 2.35 bits per heavy atom. The number of rotatable bonds is 3. The summed E-state index contributed by atoms with van der Waals surface area (Å²) in [6.07, 6.45) is 4.75. The molecule has 0 bridgehead atoms. The Morgan fingerprint density at radius 3 is 3.15 bits per heavy atom. The molecule has 1 aromatic carbocycles. The molecule has 0 saturated heterocycles. The Bertz CT molecular complexity index is 800. The first-order chi connectivity index (χ1) is 9.86. The third kappa shape index (κ3) is 2.28. The molecule has 0 aliphatic rings. The lowest BCUT2D eigenvalue weighted by Crippen LogP contribution is -1.93. The topological polar surface area (TPSA) is 116 Å². The van der Waals surface area contributed by atoms with Gasteiger partial charge < -0.3 is 5.32 Å². The van der Waals surface area contributed by atoms with Crippen LogP contribution in [0.2, 0.25) is 0 Å². The van der Waals surface area contributed by atoms with Crippen LogP contribution in [-0.4, -0.2) is 30.6 Å². The first-order valence-corrected chi connectivity index (χ1v) is 5.67. The lowest BCUT2D eigenvalue weighted by molar-refractivity contribution is 0.881. The molecule has 0 atom stereocenters. The quantitative estimate of drug-likeness (QED) is 0.681. The Balaban J connectivity index is 1.88. The van der Waals surface area contributed by atoms with Crippen LogP contribution in [0.1, 0.15) is 5.82 Å². The Kier molecular flexibility index (Phi) is 3.00. The summed E-state index contributed by atoms with van der Waals surface area (Å²) in [5.41, 5.74) is 1.94. The molecular weight excluding hydrogens is 256 g/mol. The van der Waals surface area contributed by atoms with Gasteiger partial charge >= 0.3 is 0 Å². The summed E-state index contributed by atoms with van der Waals surface area (Å²) in [4.78, 5) is 8.10. The van der Waals surface area contributed by atoms with Crippen LogP contribution in [0, 0.1) is 11.3 Å². The molecule has 0 unspecified atom stereocenters. The second-order valence-electron chi connectivity index (χ2n) is 3.85. The molecule has 96 valence electrons. The summed E-state index contributed by atoms with van der Waals surface area (Å²) in [7, 11) is 0. The number of aromatic amines is 1. The molecule has 0 saturated carbocycles. The molecule has 0 aliphatic heterocycles. The van der Waals surface area contributed by atoms with E-state index in [1.807, 2.05) is 24.3 Å². The van der Waals surface area contributed by atoms with Gasteiger partial charge in [0.15, 0.2) is 0 Å². The van der Waals surface area contributed by atoms with E-state index in [0.717, 1.165) is 16.6 Å². The zero-order valence-electron chi connectivity index (χ0n) is 10.1. The summed E-state index contributed by atoms with van der Waals surface area (Å²) < 4.78 is 0. The van der Waals surface area contributed by atoms with Crippen molar-refractivity contribution in [2.75, 3.05) is 5.32 Å². The average Bonchev–Trinajstić information content (AvgIpc) is 3.02. The molecule has 3 rings (SSSR count). The minimum atomic E-state index is 0.240. The minimum Gasteiger partial charge on any atom is -0.360 e. The maximum Gasteiger partial charge on any atom is 0.216 e. The second-order valence-corrected chi connectivity index (χ2v) is 3.85. The molecule has 0 radical (unpaired) electrons. The largest absolute Gasteiger partial charge is 0.360 e. The van der Waals surface area contributed by atoms with Crippen molar-refractivity contribution < 1.29 is 0 Å². The Hall–Kier alpha value is -3.34. The fraction of sp³-hybridized carbons (Fsp3) is 0. The van der Waals surface area contributed by atoms with Crippen LogP contribution in [-0.2, 0) is 0 Å². The molecule has 0 aliphatic carbocycles. The van der Waals surface area contributed by atoms with Gasteiger partial charge in [-0.25, -0.2) is 9.97 Å². The van der Waals surface area contributed by atoms with Crippen LogP contribution in [0.25, 0.3) is 16.5 Å². The molecule has 0 amide bonds. The molecule has 2 aromatic heterocycles. The number of fused-ring (bicyclic) bond motifs is 1. The predicted molar refractivity (Wildman–Crippen MR) is 70.9 cm³/mol. The molecule has 8 nitrogen and oxygen atoms in total. The van der Waals surface area contributed by atoms with E-state index in [-0.39, 0.29) is 11.4 Å². The van der Waals surface area contributed by atoms with Crippen LogP contribution in [0.5, 0.6) is 0 Å². The highest BCUT2D eigenvalue weighted by Gasteiger charge is 2.05.